The summed E-state index contributed by atoms with van der Waals surface area (Å²) in [5.74, 6) is -0.334. The number of rotatable bonds is 6. The lowest BCUT2D eigenvalue weighted by atomic mass is 10.1. The smallest absolute Gasteiger partial charge is 0.273 e. The molecule has 0 radical (unpaired) electrons. The number of carbonyl (C=O) groups excluding carboxylic acids is 1. The molecule has 130 valence electrons. The van der Waals surface area contributed by atoms with Crippen molar-refractivity contribution >= 4 is 34.8 Å². The summed E-state index contributed by atoms with van der Waals surface area (Å²) in [6.07, 6.45) is 3.23. The molecule has 0 bridgehead atoms. The van der Waals surface area contributed by atoms with Crippen LogP contribution in [0.5, 0.6) is 0 Å². The number of halogens is 2. The Morgan fingerprint density at radius 3 is 2.96 bits per heavy atom. The predicted molar refractivity (Wildman–Crippen MR) is 95.8 cm³/mol. The van der Waals surface area contributed by atoms with Gasteiger partial charge in [-0.2, -0.15) is 10.2 Å². The van der Waals surface area contributed by atoms with Crippen LogP contribution in [0.3, 0.4) is 0 Å². The maximum atomic E-state index is 12.3. The zero-order chi connectivity index (χ0) is 17.8. The molecule has 0 aliphatic carbocycles. The number of aromatic nitrogens is 4. The van der Waals surface area contributed by atoms with E-state index >= 15 is 0 Å². The number of amides is 1. The Balaban J connectivity index is 1.71. The second kappa shape index (κ2) is 7.69. The lowest BCUT2D eigenvalue weighted by Gasteiger charge is -2.01. The molecular formula is C16H15Cl2N5O2. The van der Waals surface area contributed by atoms with Crippen molar-refractivity contribution in [3.05, 3.63) is 52.4 Å². The number of hydrogen-bond acceptors (Lipinski definition) is 4. The van der Waals surface area contributed by atoms with Crippen LogP contribution in [0.4, 0.5) is 5.69 Å². The van der Waals surface area contributed by atoms with Gasteiger partial charge in [0, 0.05) is 17.2 Å². The van der Waals surface area contributed by atoms with Crippen molar-refractivity contribution in [3.8, 4) is 11.3 Å². The second-order valence-corrected chi connectivity index (χ2v) is 5.98. The first-order valence-electron chi connectivity index (χ1n) is 7.49. The Bertz CT molecular complexity index is 890. The lowest BCUT2D eigenvalue weighted by molar-refractivity contribution is 0.0792. The Hall–Kier alpha value is -2.35. The molecule has 0 unspecified atom stereocenters. The molecule has 0 aliphatic heterocycles. The molecular weight excluding hydrogens is 365 g/mol. The summed E-state index contributed by atoms with van der Waals surface area (Å²) in [5.41, 5.74) is 2.11. The fourth-order valence-electron chi connectivity index (χ4n) is 2.16. The van der Waals surface area contributed by atoms with E-state index in [2.05, 4.69) is 20.6 Å². The summed E-state index contributed by atoms with van der Waals surface area (Å²) in [6.45, 7) is 2.82. The summed E-state index contributed by atoms with van der Waals surface area (Å²) in [6, 6.07) is 6.71. The average Bonchev–Trinajstić information content (AvgIpc) is 3.22. The van der Waals surface area contributed by atoms with Crippen molar-refractivity contribution in [2.75, 3.05) is 11.9 Å². The Morgan fingerprint density at radius 2 is 2.20 bits per heavy atom. The largest absolute Gasteiger partial charge is 0.360 e. The summed E-state index contributed by atoms with van der Waals surface area (Å²) in [7, 11) is 0. The minimum Gasteiger partial charge on any atom is -0.360 e. The van der Waals surface area contributed by atoms with Gasteiger partial charge in [0.25, 0.3) is 5.91 Å². The highest BCUT2D eigenvalue weighted by molar-refractivity contribution is 6.36. The van der Waals surface area contributed by atoms with E-state index in [0.717, 1.165) is 0 Å². The minimum atomic E-state index is -0.334. The molecule has 3 rings (SSSR count). The van der Waals surface area contributed by atoms with Crippen molar-refractivity contribution in [3.63, 3.8) is 0 Å². The van der Waals surface area contributed by atoms with E-state index in [-0.39, 0.29) is 5.91 Å². The first kappa shape index (κ1) is 17.5. The number of nitrogens with one attached hydrogen (secondary N) is 2. The maximum Gasteiger partial charge on any atom is 0.273 e. The Morgan fingerprint density at radius 1 is 1.36 bits per heavy atom. The molecule has 25 heavy (non-hydrogen) atoms. The van der Waals surface area contributed by atoms with Crippen LogP contribution in [0, 0.1) is 0 Å². The van der Waals surface area contributed by atoms with Gasteiger partial charge in [0.1, 0.15) is 12.4 Å². The van der Waals surface area contributed by atoms with Crippen LogP contribution in [0.15, 0.2) is 36.7 Å². The predicted octanol–water partition coefficient (Wildman–Crippen LogP) is 3.83. The zero-order valence-corrected chi connectivity index (χ0v) is 14.8. The third-order valence-corrected chi connectivity index (χ3v) is 3.90. The maximum absolute atomic E-state index is 12.3. The Labute approximate surface area is 153 Å². The molecule has 0 spiro atoms. The second-order valence-electron chi connectivity index (χ2n) is 5.14. The van der Waals surface area contributed by atoms with Crippen molar-refractivity contribution < 1.29 is 9.53 Å². The van der Waals surface area contributed by atoms with Crippen LogP contribution in [0.25, 0.3) is 11.3 Å². The van der Waals surface area contributed by atoms with E-state index < -0.39 is 0 Å². The van der Waals surface area contributed by atoms with E-state index in [9.17, 15) is 4.79 Å². The molecule has 2 aromatic heterocycles. The quantitative estimate of drug-likeness (QED) is 0.681. The molecule has 0 aliphatic rings. The van der Waals surface area contributed by atoms with E-state index in [1.807, 2.05) is 6.92 Å². The van der Waals surface area contributed by atoms with E-state index in [1.54, 1.807) is 41.3 Å². The summed E-state index contributed by atoms with van der Waals surface area (Å²) < 4.78 is 6.83. The molecule has 1 amide bonds. The number of anilines is 1. The van der Waals surface area contributed by atoms with E-state index in [0.29, 0.717) is 46.0 Å². The molecule has 9 heteroatoms. The van der Waals surface area contributed by atoms with Gasteiger partial charge >= 0.3 is 0 Å². The van der Waals surface area contributed by atoms with Gasteiger partial charge in [0.05, 0.1) is 28.8 Å². The first-order chi connectivity index (χ1) is 12.1. The van der Waals surface area contributed by atoms with Gasteiger partial charge in [-0.3, -0.25) is 9.89 Å². The highest BCUT2D eigenvalue weighted by Crippen LogP contribution is 2.29. The number of hydrogen-bond donors (Lipinski definition) is 2. The monoisotopic (exact) mass is 379 g/mol. The minimum absolute atomic E-state index is 0.304. The molecule has 2 heterocycles. The van der Waals surface area contributed by atoms with Crippen LogP contribution >= 0.6 is 23.2 Å². The van der Waals surface area contributed by atoms with Crippen LogP contribution < -0.4 is 5.32 Å². The number of carbonyl (C=O) groups is 1. The van der Waals surface area contributed by atoms with Crippen LogP contribution in [-0.4, -0.2) is 32.5 Å². The van der Waals surface area contributed by atoms with Crippen molar-refractivity contribution in [2.24, 2.45) is 0 Å². The number of ether oxygens (including phenoxy) is 1. The van der Waals surface area contributed by atoms with Gasteiger partial charge in [-0.25, -0.2) is 4.68 Å². The molecule has 0 fully saturated rings. The molecule has 0 saturated carbocycles. The fourth-order valence-corrected chi connectivity index (χ4v) is 2.66. The molecule has 0 atom stereocenters. The summed E-state index contributed by atoms with van der Waals surface area (Å²) >= 11 is 12.1. The van der Waals surface area contributed by atoms with E-state index in [1.165, 1.54) is 0 Å². The topological polar surface area (TPSA) is 84.8 Å². The molecule has 2 N–H and O–H groups in total. The fraction of sp³-hybridized carbons (Fsp3) is 0.188. The van der Waals surface area contributed by atoms with Gasteiger partial charge in [0.15, 0.2) is 0 Å². The highest BCUT2D eigenvalue weighted by Gasteiger charge is 2.14. The van der Waals surface area contributed by atoms with Crippen LogP contribution in [0.2, 0.25) is 10.0 Å². The number of nitrogens with zero attached hydrogens (tertiary/aromatic N) is 3. The van der Waals surface area contributed by atoms with Gasteiger partial charge in [-0.15, -0.1) is 0 Å². The first-order valence-corrected chi connectivity index (χ1v) is 8.25. The van der Waals surface area contributed by atoms with Crippen molar-refractivity contribution in [1.29, 1.82) is 0 Å². The van der Waals surface area contributed by atoms with Crippen molar-refractivity contribution in [2.45, 2.75) is 13.7 Å². The third-order valence-electron chi connectivity index (χ3n) is 3.35. The van der Waals surface area contributed by atoms with Crippen molar-refractivity contribution in [1.82, 2.24) is 20.0 Å². The average molecular weight is 380 g/mol. The molecule has 7 nitrogen and oxygen atoms in total. The van der Waals surface area contributed by atoms with Gasteiger partial charge in [-0.05, 0) is 31.2 Å². The van der Waals surface area contributed by atoms with Gasteiger partial charge in [-0.1, -0.05) is 23.2 Å². The van der Waals surface area contributed by atoms with Crippen LogP contribution in [-0.2, 0) is 11.5 Å². The zero-order valence-electron chi connectivity index (χ0n) is 13.3. The summed E-state index contributed by atoms with van der Waals surface area (Å²) in [4.78, 5) is 12.3. The number of benzene rings is 1. The summed E-state index contributed by atoms with van der Waals surface area (Å²) in [5, 5.41) is 14.7. The normalized spacial score (nSPS) is 10.8. The number of aromatic amines is 1. The molecule has 3 aromatic rings. The van der Waals surface area contributed by atoms with Gasteiger partial charge < -0.3 is 10.1 Å². The third kappa shape index (κ3) is 4.19. The van der Waals surface area contributed by atoms with Crippen LogP contribution in [0.1, 0.15) is 17.4 Å². The molecule has 1 aromatic carbocycles. The number of H-pyrrole nitrogens is 1. The van der Waals surface area contributed by atoms with Gasteiger partial charge in [0.2, 0.25) is 0 Å². The SMILES string of the molecule is CCOCn1cc(NC(=O)c2cc(-c3ccc(Cl)cc3Cl)n[nH]2)cn1. The van der Waals surface area contributed by atoms with E-state index in [4.69, 9.17) is 27.9 Å². The lowest BCUT2D eigenvalue weighted by Crippen LogP contribution is -2.12. The highest BCUT2D eigenvalue weighted by atomic mass is 35.5. The molecule has 0 saturated heterocycles. The standard InChI is InChI=1S/C16H15Cl2N5O2/c1-2-25-9-23-8-11(7-19-23)20-16(24)15-6-14(21-22-15)12-4-3-10(17)5-13(12)18/h3-8H,2,9H2,1H3,(H,20,24)(H,21,22). The Kier molecular flexibility index (Phi) is 5.37.